The van der Waals surface area contributed by atoms with Crippen molar-refractivity contribution in [3.8, 4) is 11.6 Å². The average Bonchev–Trinajstić information content (AvgIpc) is 3.40. The number of nitrogens with one attached hydrogen (secondary N) is 1. The monoisotopic (exact) mass is 551 g/mol. The summed E-state index contributed by atoms with van der Waals surface area (Å²) < 4.78 is 13.8. The number of anilines is 1. The van der Waals surface area contributed by atoms with Crippen LogP contribution in [0.2, 0.25) is 0 Å². The number of nitrogens with zero attached hydrogens (tertiary/aromatic N) is 6. The van der Waals surface area contributed by atoms with Gasteiger partial charge in [0.1, 0.15) is 5.75 Å². The smallest absolute Gasteiger partial charge is 0.321 e. The Balaban J connectivity index is 1.45. The molecule has 40 heavy (non-hydrogen) atoms. The van der Waals surface area contributed by atoms with Crippen molar-refractivity contribution in [3.63, 3.8) is 0 Å². The molecule has 0 radical (unpaired) electrons. The lowest BCUT2D eigenvalue weighted by atomic mass is 10.0. The summed E-state index contributed by atoms with van der Waals surface area (Å²) >= 11 is 0. The van der Waals surface area contributed by atoms with Crippen molar-refractivity contribution in [2.45, 2.75) is 52.0 Å². The molecule has 3 heterocycles. The lowest BCUT2D eigenvalue weighted by Gasteiger charge is -2.35. The van der Waals surface area contributed by atoms with Gasteiger partial charge in [-0.15, -0.1) is 5.10 Å². The Morgan fingerprint density at radius 3 is 2.92 bits per heavy atom. The Labute approximate surface area is 233 Å². The second-order valence-corrected chi connectivity index (χ2v) is 10.1. The topological polar surface area (TPSA) is 135 Å². The Bertz CT molecular complexity index is 1250. The highest BCUT2D eigenvalue weighted by Gasteiger charge is 2.29. The second-order valence-electron chi connectivity index (χ2n) is 10.1. The minimum atomic E-state index is -0.404. The highest BCUT2D eigenvalue weighted by molar-refractivity contribution is 5.89. The van der Waals surface area contributed by atoms with Crippen LogP contribution in [-0.2, 0) is 22.7 Å². The normalized spacial score (nSPS) is 19.1. The second kappa shape index (κ2) is 13.9. The van der Waals surface area contributed by atoms with Crippen LogP contribution in [0.5, 0.6) is 11.6 Å². The molecule has 2 N–H and O–H groups in total. The Morgan fingerprint density at radius 1 is 1.30 bits per heavy atom. The fourth-order valence-electron chi connectivity index (χ4n) is 4.48. The summed E-state index contributed by atoms with van der Waals surface area (Å²) in [6.07, 6.45) is 3.85. The number of benzene rings is 1. The predicted octanol–water partition coefficient (Wildman–Crippen LogP) is 3.15. The number of pyridine rings is 1. The first-order chi connectivity index (χ1) is 19.3. The summed E-state index contributed by atoms with van der Waals surface area (Å²) in [5, 5.41) is 20.8. The van der Waals surface area contributed by atoms with E-state index in [1.807, 2.05) is 19.9 Å². The molecule has 214 valence electrons. The number of aliphatic hydroxyl groups is 1. The average molecular weight is 552 g/mol. The van der Waals surface area contributed by atoms with E-state index in [0.29, 0.717) is 43.2 Å². The highest BCUT2D eigenvalue weighted by atomic mass is 16.5. The lowest BCUT2D eigenvalue weighted by Crippen LogP contribution is -2.48. The van der Waals surface area contributed by atoms with E-state index < -0.39 is 6.10 Å². The number of fused-ring (bicyclic) bond motifs is 1. The van der Waals surface area contributed by atoms with Crippen LogP contribution in [0.25, 0.3) is 0 Å². The van der Waals surface area contributed by atoms with Gasteiger partial charge in [-0.2, -0.15) is 0 Å². The molecule has 4 rings (SSSR count). The molecule has 1 aromatic carbocycles. The number of urea groups is 1. The third kappa shape index (κ3) is 7.76. The molecule has 2 aromatic heterocycles. The van der Waals surface area contributed by atoms with E-state index in [1.165, 1.54) is 0 Å². The molecular formula is C28H37N7O5. The molecule has 0 saturated heterocycles. The summed E-state index contributed by atoms with van der Waals surface area (Å²) in [5.41, 5.74) is 1.38. The van der Waals surface area contributed by atoms with Gasteiger partial charge in [-0.05, 0) is 31.5 Å². The molecule has 12 heteroatoms. The van der Waals surface area contributed by atoms with Gasteiger partial charge in [0.05, 0.1) is 37.3 Å². The number of rotatable bonds is 7. The first-order valence-corrected chi connectivity index (χ1v) is 13.4. The van der Waals surface area contributed by atoms with Gasteiger partial charge < -0.3 is 29.7 Å². The van der Waals surface area contributed by atoms with Crippen LogP contribution in [0.4, 0.5) is 10.5 Å². The number of hydrogen-bond donors (Lipinski definition) is 2. The maximum atomic E-state index is 13.2. The van der Waals surface area contributed by atoms with Gasteiger partial charge >= 0.3 is 6.03 Å². The van der Waals surface area contributed by atoms with Crippen molar-refractivity contribution in [1.29, 1.82) is 0 Å². The van der Waals surface area contributed by atoms with Gasteiger partial charge in [-0.1, -0.05) is 24.3 Å². The Kier molecular flexibility index (Phi) is 10.0. The van der Waals surface area contributed by atoms with Gasteiger partial charge in [-0.25, -0.2) is 14.5 Å². The number of ether oxygens (including phenoxy) is 2. The summed E-state index contributed by atoms with van der Waals surface area (Å²) in [6.45, 7) is 5.15. The van der Waals surface area contributed by atoms with E-state index in [0.717, 1.165) is 5.69 Å². The number of aliphatic hydroxyl groups excluding tert-OH is 1. The molecule has 0 bridgehead atoms. The SMILES string of the molecule is C[C@H]1CN([C@@H](C)CO)C(=O)CCCn2nncc2CO[C@H]1CN(C)C(=O)Nc1cccc(Oc2ccccn2)c1. The molecule has 1 aliphatic heterocycles. The summed E-state index contributed by atoms with van der Waals surface area (Å²) in [7, 11) is 1.70. The fourth-order valence-corrected chi connectivity index (χ4v) is 4.48. The Morgan fingerprint density at radius 2 is 2.15 bits per heavy atom. The van der Waals surface area contributed by atoms with Crippen molar-refractivity contribution < 1.29 is 24.2 Å². The molecule has 0 saturated carbocycles. The first kappa shape index (κ1) is 29.0. The van der Waals surface area contributed by atoms with Gasteiger partial charge in [-0.3, -0.25) is 4.79 Å². The molecule has 3 aromatic rings. The predicted molar refractivity (Wildman–Crippen MR) is 148 cm³/mol. The summed E-state index contributed by atoms with van der Waals surface area (Å²) in [5.74, 6) is 0.833. The van der Waals surface area contributed by atoms with Crippen LogP contribution in [0, 0.1) is 5.92 Å². The van der Waals surface area contributed by atoms with E-state index in [1.54, 1.807) is 70.3 Å². The lowest BCUT2D eigenvalue weighted by molar-refractivity contribution is -0.136. The van der Waals surface area contributed by atoms with Crippen LogP contribution in [0.15, 0.2) is 54.9 Å². The zero-order valence-electron chi connectivity index (χ0n) is 23.1. The van der Waals surface area contributed by atoms with Crippen LogP contribution >= 0.6 is 0 Å². The van der Waals surface area contributed by atoms with Crippen LogP contribution < -0.4 is 10.1 Å². The molecule has 3 amide bonds. The molecule has 0 spiro atoms. The highest BCUT2D eigenvalue weighted by Crippen LogP contribution is 2.23. The maximum absolute atomic E-state index is 13.2. The van der Waals surface area contributed by atoms with Gasteiger partial charge in [0.2, 0.25) is 11.8 Å². The van der Waals surface area contributed by atoms with Crippen molar-refractivity contribution in [2.24, 2.45) is 5.92 Å². The van der Waals surface area contributed by atoms with Crippen molar-refractivity contribution >= 4 is 17.6 Å². The summed E-state index contributed by atoms with van der Waals surface area (Å²) in [6, 6.07) is 11.8. The molecular weight excluding hydrogens is 514 g/mol. The number of carbonyl (C=O) groups is 2. The third-order valence-electron chi connectivity index (χ3n) is 6.89. The van der Waals surface area contributed by atoms with Crippen molar-refractivity contribution in [3.05, 3.63) is 60.6 Å². The van der Waals surface area contributed by atoms with E-state index in [4.69, 9.17) is 9.47 Å². The molecule has 0 fully saturated rings. The number of carbonyl (C=O) groups excluding carboxylic acids is 2. The molecule has 0 unspecified atom stereocenters. The molecule has 1 aliphatic rings. The van der Waals surface area contributed by atoms with Gasteiger partial charge in [0.15, 0.2) is 0 Å². The summed E-state index contributed by atoms with van der Waals surface area (Å²) in [4.78, 5) is 33.6. The van der Waals surface area contributed by atoms with Crippen LogP contribution in [-0.4, -0.2) is 85.7 Å². The first-order valence-electron chi connectivity index (χ1n) is 13.4. The molecule has 3 atom stereocenters. The van der Waals surface area contributed by atoms with E-state index >= 15 is 0 Å². The quantitative estimate of drug-likeness (QED) is 0.457. The zero-order chi connectivity index (χ0) is 28.5. The van der Waals surface area contributed by atoms with E-state index in [9.17, 15) is 14.7 Å². The Hall–Kier alpha value is -4.03. The van der Waals surface area contributed by atoms with Crippen molar-refractivity contribution in [1.82, 2.24) is 29.8 Å². The van der Waals surface area contributed by atoms with Gasteiger partial charge in [0.25, 0.3) is 0 Å². The number of aryl methyl sites for hydroxylation is 1. The standard InChI is InChI=1S/C28H37N7O5/c1-20-16-34(21(2)18-36)27(37)11-7-13-35-23(15-30-32-35)19-39-25(20)17-33(3)28(38)31-22-8-6-9-24(14-22)40-26-10-4-5-12-29-26/h4-6,8-10,12,14-15,20-21,25,36H,7,11,13,16-19H2,1-3H3,(H,31,38)/t20-,21-,25-/m0/s1. The van der Waals surface area contributed by atoms with Gasteiger partial charge in [0, 0.05) is 63.0 Å². The molecule has 12 nitrogen and oxygen atoms in total. The third-order valence-corrected chi connectivity index (χ3v) is 6.89. The number of aromatic nitrogens is 4. The van der Waals surface area contributed by atoms with Crippen LogP contribution in [0.3, 0.4) is 0 Å². The van der Waals surface area contributed by atoms with Crippen LogP contribution in [0.1, 0.15) is 32.4 Å². The molecule has 0 aliphatic carbocycles. The fraction of sp³-hybridized carbons (Fsp3) is 0.464. The van der Waals surface area contributed by atoms with Crippen molar-refractivity contribution in [2.75, 3.05) is 32.1 Å². The minimum Gasteiger partial charge on any atom is -0.439 e. The largest absolute Gasteiger partial charge is 0.439 e. The van der Waals surface area contributed by atoms with E-state index in [-0.39, 0.29) is 43.7 Å². The number of hydrogen-bond acceptors (Lipinski definition) is 8. The number of likely N-dealkylation sites (N-methyl/N-ethyl adjacent to an activating group) is 1. The maximum Gasteiger partial charge on any atom is 0.321 e. The number of amides is 3. The zero-order valence-corrected chi connectivity index (χ0v) is 23.1. The van der Waals surface area contributed by atoms with E-state index in [2.05, 4.69) is 20.6 Å². The minimum absolute atomic E-state index is 0.0340.